The quantitative estimate of drug-likeness (QED) is 0.852. The number of hydrogen-bond donors (Lipinski definition) is 1. The minimum absolute atomic E-state index is 0.132. The number of hydrogen-bond acceptors (Lipinski definition) is 2. The largest absolute Gasteiger partial charge is 0.343 e. The summed E-state index contributed by atoms with van der Waals surface area (Å²) >= 11 is 0. The van der Waals surface area contributed by atoms with Crippen molar-refractivity contribution in [2.24, 2.45) is 0 Å². The average molecular weight is 217 g/mol. The van der Waals surface area contributed by atoms with Crippen LogP contribution < -0.4 is 5.69 Å². The molecular weight excluding hydrogens is 202 g/mol. The maximum Gasteiger partial charge on any atom is 0.343 e. The average Bonchev–Trinajstić information content (AvgIpc) is 2.69. The molecule has 0 amide bonds. The molecule has 0 aliphatic rings. The van der Waals surface area contributed by atoms with Gasteiger partial charge in [-0.1, -0.05) is 43.7 Å². The van der Waals surface area contributed by atoms with Crippen molar-refractivity contribution in [1.29, 1.82) is 0 Å². The molecule has 1 N–H and O–H groups in total. The molecule has 1 heterocycles. The number of H-pyrrole nitrogens is 1. The van der Waals surface area contributed by atoms with Crippen LogP contribution in [0, 0.1) is 0 Å². The second-order valence-corrected chi connectivity index (χ2v) is 3.72. The Labute approximate surface area is 93.9 Å². The van der Waals surface area contributed by atoms with E-state index in [2.05, 4.69) is 17.0 Å². The standard InChI is InChI=1S/C12H15N3O/c1-2-3-9-15-12(16)13-11(14-15)10-7-5-4-6-8-10/h4-8H,2-3,9H2,1H3,(H,13,14,16). The summed E-state index contributed by atoms with van der Waals surface area (Å²) in [5, 5.41) is 4.27. The highest BCUT2D eigenvalue weighted by atomic mass is 16.1. The van der Waals surface area contributed by atoms with Crippen molar-refractivity contribution in [2.75, 3.05) is 0 Å². The van der Waals surface area contributed by atoms with E-state index in [1.54, 1.807) is 0 Å². The van der Waals surface area contributed by atoms with Gasteiger partial charge in [0.1, 0.15) is 0 Å². The van der Waals surface area contributed by atoms with Gasteiger partial charge in [0, 0.05) is 12.1 Å². The van der Waals surface area contributed by atoms with Crippen molar-refractivity contribution in [1.82, 2.24) is 14.8 Å². The van der Waals surface area contributed by atoms with Crippen LogP contribution in [0.15, 0.2) is 35.1 Å². The Morgan fingerprint density at radius 3 is 2.75 bits per heavy atom. The van der Waals surface area contributed by atoms with E-state index in [1.165, 1.54) is 4.68 Å². The van der Waals surface area contributed by atoms with Crippen LogP contribution in [0.2, 0.25) is 0 Å². The van der Waals surface area contributed by atoms with Crippen LogP contribution in [0.5, 0.6) is 0 Å². The molecule has 0 bridgehead atoms. The molecule has 1 aromatic heterocycles. The summed E-state index contributed by atoms with van der Waals surface area (Å²) in [6, 6.07) is 9.66. The van der Waals surface area contributed by atoms with E-state index in [9.17, 15) is 4.79 Å². The molecule has 84 valence electrons. The molecule has 0 saturated carbocycles. The highest BCUT2D eigenvalue weighted by Gasteiger charge is 2.05. The van der Waals surface area contributed by atoms with Crippen LogP contribution in [0.4, 0.5) is 0 Å². The lowest BCUT2D eigenvalue weighted by Crippen LogP contribution is -2.17. The molecule has 4 heteroatoms. The van der Waals surface area contributed by atoms with Gasteiger partial charge in [-0.15, -0.1) is 5.10 Å². The third-order valence-corrected chi connectivity index (χ3v) is 2.45. The summed E-state index contributed by atoms with van der Waals surface area (Å²) in [4.78, 5) is 14.3. The maximum atomic E-state index is 11.6. The highest BCUT2D eigenvalue weighted by molar-refractivity contribution is 5.53. The van der Waals surface area contributed by atoms with Crippen LogP contribution in [0.3, 0.4) is 0 Å². The molecule has 0 saturated heterocycles. The molecular formula is C12H15N3O. The number of nitrogens with zero attached hydrogens (tertiary/aromatic N) is 2. The van der Waals surface area contributed by atoms with E-state index in [-0.39, 0.29) is 5.69 Å². The fraction of sp³-hybridized carbons (Fsp3) is 0.333. The Morgan fingerprint density at radius 1 is 1.31 bits per heavy atom. The lowest BCUT2D eigenvalue weighted by atomic mass is 10.2. The molecule has 4 nitrogen and oxygen atoms in total. The first-order valence-corrected chi connectivity index (χ1v) is 5.54. The van der Waals surface area contributed by atoms with Crippen molar-refractivity contribution < 1.29 is 0 Å². The predicted octanol–water partition coefficient (Wildman–Crippen LogP) is 2.04. The van der Waals surface area contributed by atoms with Gasteiger partial charge in [-0.25, -0.2) is 9.48 Å². The Hall–Kier alpha value is -1.84. The molecule has 0 radical (unpaired) electrons. The molecule has 2 aromatic rings. The zero-order chi connectivity index (χ0) is 11.4. The summed E-state index contributed by atoms with van der Waals surface area (Å²) < 4.78 is 1.49. The van der Waals surface area contributed by atoms with E-state index < -0.39 is 0 Å². The third-order valence-electron chi connectivity index (χ3n) is 2.45. The predicted molar refractivity (Wildman–Crippen MR) is 63.2 cm³/mol. The SMILES string of the molecule is CCCCn1nc(-c2ccccc2)[nH]c1=O. The summed E-state index contributed by atoms with van der Waals surface area (Å²) in [7, 11) is 0. The van der Waals surface area contributed by atoms with Crippen LogP contribution >= 0.6 is 0 Å². The van der Waals surface area contributed by atoms with Gasteiger partial charge in [0.15, 0.2) is 5.82 Å². The molecule has 2 rings (SSSR count). The van der Waals surface area contributed by atoms with Crippen LogP contribution in [-0.2, 0) is 6.54 Å². The number of unbranched alkanes of at least 4 members (excludes halogenated alkanes) is 1. The monoisotopic (exact) mass is 217 g/mol. The number of aromatic nitrogens is 3. The molecule has 16 heavy (non-hydrogen) atoms. The van der Waals surface area contributed by atoms with E-state index in [1.807, 2.05) is 30.3 Å². The Kier molecular flexibility index (Phi) is 3.19. The second kappa shape index (κ2) is 4.79. The van der Waals surface area contributed by atoms with Crippen molar-refractivity contribution >= 4 is 0 Å². The zero-order valence-corrected chi connectivity index (χ0v) is 9.31. The van der Waals surface area contributed by atoms with Gasteiger partial charge in [0.25, 0.3) is 0 Å². The molecule has 0 unspecified atom stereocenters. The molecule has 0 aliphatic heterocycles. The Morgan fingerprint density at radius 2 is 2.06 bits per heavy atom. The third kappa shape index (κ3) is 2.21. The van der Waals surface area contributed by atoms with Gasteiger partial charge in [-0.2, -0.15) is 0 Å². The van der Waals surface area contributed by atoms with Crippen LogP contribution in [0.25, 0.3) is 11.4 Å². The fourth-order valence-corrected chi connectivity index (χ4v) is 1.54. The minimum atomic E-state index is -0.132. The smallest absolute Gasteiger partial charge is 0.289 e. The minimum Gasteiger partial charge on any atom is -0.289 e. The van der Waals surface area contributed by atoms with Crippen molar-refractivity contribution in [3.05, 3.63) is 40.8 Å². The topological polar surface area (TPSA) is 50.7 Å². The molecule has 1 aromatic carbocycles. The summed E-state index contributed by atoms with van der Waals surface area (Å²) in [5.74, 6) is 0.640. The molecule has 0 aliphatic carbocycles. The van der Waals surface area contributed by atoms with E-state index >= 15 is 0 Å². The van der Waals surface area contributed by atoms with Gasteiger partial charge >= 0.3 is 5.69 Å². The summed E-state index contributed by atoms with van der Waals surface area (Å²) in [6.45, 7) is 2.77. The molecule has 0 fully saturated rings. The van der Waals surface area contributed by atoms with Gasteiger partial charge in [0.05, 0.1) is 0 Å². The van der Waals surface area contributed by atoms with Crippen molar-refractivity contribution in [3.8, 4) is 11.4 Å². The van der Waals surface area contributed by atoms with Gasteiger partial charge in [0.2, 0.25) is 0 Å². The lowest BCUT2D eigenvalue weighted by Gasteiger charge is -1.96. The Balaban J connectivity index is 2.28. The second-order valence-electron chi connectivity index (χ2n) is 3.72. The number of nitrogens with one attached hydrogen (secondary N) is 1. The van der Waals surface area contributed by atoms with Crippen LogP contribution in [-0.4, -0.2) is 14.8 Å². The number of aryl methyl sites for hydroxylation is 1. The fourth-order valence-electron chi connectivity index (χ4n) is 1.54. The summed E-state index contributed by atoms with van der Waals surface area (Å²) in [5.41, 5.74) is 0.808. The molecule has 0 atom stereocenters. The highest BCUT2D eigenvalue weighted by Crippen LogP contribution is 2.11. The zero-order valence-electron chi connectivity index (χ0n) is 9.31. The van der Waals surface area contributed by atoms with Crippen LogP contribution in [0.1, 0.15) is 19.8 Å². The Bertz CT molecular complexity index is 498. The summed E-state index contributed by atoms with van der Waals surface area (Å²) in [6.07, 6.45) is 2.03. The number of benzene rings is 1. The lowest BCUT2D eigenvalue weighted by molar-refractivity contribution is 0.555. The van der Waals surface area contributed by atoms with Gasteiger partial charge in [-0.3, -0.25) is 4.98 Å². The maximum absolute atomic E-state index is 11.6. The van der Waals surface area contributed by atoms with Gasteiger partial charge in [-0.05, 0) is 6.42 Å². The van der Waals surface area contributed by atoms with E-state index in [4.69, 9.17) is 0 Å². The first kappa shape index (κ1) is 10.7. The van der Waals surface area contributed by atoms with E-state index in [0.29, 0.717) is 12.4 Å². The van der Waals surface area contributed by atoms with Crippen molar-refractivity contribution in [3.63, 3.8) is 0 Å². The first-order chi connectivity index (χ1) is 7.81. The van der Waals surface area contributed by atoms with Gasteiger partial charge < -0.3 is 0 Å². The number of rotatable bonds is 4. The normalized spacial score (nSPS) is 10.6. The molecule has 0 spiro atoms. The number of aromatic amines is 1. The van der Waals surface area contributed by atoms with E-state index in [0.717, 1.165) is 18.4 Å². The first-order valence-electron chi connectivity index (χ1n) is 5.54. The van der Waals surface area contributed by atoms with Crippen molar-refractivity contribution in [2.45, 2.75) is 26.3 Å².